The lowest BCUT2D eigenvalue weighted by Crippen LogP contribution is -2.24. The molecular formula is C14H24N2. The van der Waals surface area contributed by atoms with E-state index in [2.05, 4.69) is 55.3 Å². The molecule has 0 radical (unpaired) electrons. The summed E-state index contributed by atoms with van der Waals surface area (Å²) in [5.74, 6) is 0. The fourth-order valence-corrected chi connectivity index (χ4v) is 1.90. The molecule has 0 atom stereocenters. The third-order valence-electron chi connectivity index (χ3n) is 2.60. The van der Waals surface area contributed by atoms with Gasteiger partial charge in [0, 0.05) is 31.0 Å². The Balaban J connectivity index is 2.68. The van der Waals surface area contributed by atoms with Crippen LogP contribution in [-0.4, -0.2) is 19.6 Å². The minimum absolute atomic E-state index is 0.979. The van der Waals surface area contributed by atoms with Crippen LogP contribution in [0.1, 0.15) is 33.6 Å². The van der Waals surface area contributed by atoms with Crippen LogP contribution < -0.4 is 10.2 Å². The molecule has 0 aliphatic carbocycles. The zero-order chi connectivity index (χ0) is 11.8. The number of nitrogens with zero attached hydrogens (tertiary/aromatic N) is 1. The molecule has 0 spiro atoms. The van der Waals surface area contributed by atoms with Crippen molar-refractivity contribution in [3.05, 3.63) is 24.3 Å². The van der Waals surface area contributed by atoms with E-state index in [9.17, 15) is 0 Å². The van der Waals surface area contributed by atoms with E-state index in [1.807, 2.05) is 0 Å². The van der Waals surface area contributed by atoms with Crippen molar-refractivity contribution < 1.29 is 0 Å². The summed E-state index contributed by atoms with van der Waals surface area (Å²) in [6.07, 6.45) is 2.41. The highest BCUT2D eigenvalue weighted by atomic mass is 15.1. The van der Waals surface area contributed by atoms with Crippen molar-refractivity contribution >= 4 is 11.4 Å². The molecule has 1 aromatic carbocycles. The molecule has 0 unspecified atom stereocenters. The second-order valence-electron chi connectivity index (χ2n) is 4.06. The zero-order valence-corrected chi connectivity index (χ0v) is 10.8. The Morgan fingerprint density at radius 2 is 1.50 bits per heavy atom. The van der Waals surface area contributed by atoms with Crippen molar-refractivity contribution in [1.29, 1.82) is 0 Å². The smallest absolute Gasteiger partial charge is 0.0367 e. The summed E-state index contributed by atoms with van der Waals surface area (Å²) in [6, 6.07) is 8.75. The summed E-state index contributed by atoms with van der Waals surface area (Å²) in [5.41, 5.74) is 2.55. The lowest BCUT2D eigenvalue weighted by molar-refractivity contribution is 0.745. The summed E-state index contributed by atoms with van der Waals surface area (Å²) < 4.78 is 0. The van der Waals surface area contributed by atoms with Crippen LogP contribution in [0.25, 0.3) is 0 Å². The van der Waals surface area contributed by atoms with E-state index in [1.165, 1.54) is 24.2 Å². The Hall–Kier alpha value is -1.18. The standard InChI is InChI=1S/C14H24N2/c1-4-11-16(12-5-2)14-9-7-13(8-10-14)15-6-3/h7-10,15H,4-6,11-12H2,1-3H3. The summed E-state index contributed by atoms with van der Waals surface area (Å²) >= 11 is 0. The van der Waals surface area contributed by atoms with E-state index in [4.69, 9.17) is 0 Å². The van der Waals surface area contributed by atoms with Crippen molar-refractivity contribution in [3.8, 4) is 0 Å². The highest BCUT2D eigenvalue weighted by Gasteiger charge is 2.03. The highest BCUT2D eigenvalue weighted by Crippen LogP contribution is 2.18. The normalized spacial score (nSPS) is 10.2. The van der Waals surface area contributed by atoms with Gasteiger partial charge >= 0.3 is 0 Å². The third kappa shape index (κ3) is 3.76. The molecule has 0 bridgehead atoms. The molecule has 0 aromatic heterocycles. The first-order chi connectivity index (χ1) is 7.81. The summed E-state index contributed by atoms with van der Waals surface area (Å²) in [7, 11) is 0. The molecule has 2 heteroatoms. The van der Waals surface area contributed by atoms with Gasteiger partial charge in [0.2, 0.25) is 0 Å². The third-order valence-corrected chi connectivity index (χ3v) is 2.60. The number of hydrogen-bond acceptors (Lipinski definition) is 2. The van der Waals surface area contributed by atoms with Crippen molar-refractivity contribution in [3.63, 3.8) is 0 Å². The molecule has 1 rings (SSSR count). The molecule has 0 aliphatic heterocycles. The van der Waals surface area contributed by atoms with Gasteiger partial charge in [-0.3, -0.25) is 0 Å². The van der Waals surface area contributed by atoms with Gasteiger partial charge in [-0.1, -0.05) is 13.8 Å². The summed E-state index contributed by atoms with van der Waals surface area (Å²) in [4.78, 5) is 2.45. The van der Waals surface area contributed by atoms with Crippen LogP contribution in [0.2, 0.25) is 0 Å². The van der Waals surface area contributed by atoms with Crippen LogP contribution in [-0.2, 0) is 0 Å². The van der Waals surface area contributed by atoms with E-state index >= 15 is 0 Å². The molecule has 0 fully saturated rings. The van der Waals surface area contributed by atoms with Gasteiger partial charge in [0.15, 0.2) is 0 Å². The van der Waals surface area contributed by atoms with Crippen molar-refractivity contribution in [1.82, 2.24) is 0 Å². The molecular weight excluding hydrogens is 196 g/mol. The van der Waals surface area contributed by atoms with E-state index in [0.29, 0.717) is 0 Å². The van der Waals surface area contributed by atoms with Crippen LogP contribution in [0.5, 0.6) is 0 Å². The van der Waals surface area contributed by atoms with Crippen LogP contribution >= 0.6 is 0 Å². The van der Waals surface area contributed by atoms with Gasteiger partial charge in [0.05, 0.1) is 0 Å². The maximum atomic E-state index is 3.32. The molecule has 0 heterocycles. The van der Waals surface area contributed by atoms with Crippen molar-refractivity contribution in [2.24, 2.45) is 0 Å². The van der Waals surface area contributed by atoms with Crippen LogP contribution in [0, 0.1) is 0 Å². The topological polar surface area (TPSA) is 15.3 Å². The summed E-state index contributed by atoms with van der Waals surface area (Å²) in [6.45, 7) is 9.86. The molecule has 1 aromatic rings. The first-order valence-electron chi connectivity index (χ1n) is 6.40. The number of benzene rings is 1. The minimum atomic E-state index is 0.979. The first-order valence-corrected chi connectivity index (χ1v) is 6.40. The van der Waals surface area contributed by atoms with E-state index in [-0.39, 0.29) is 0 Å². The van der Waals surface area contributed by atoms with Gasteiger partial charge in [-0.05, 0) is 44.0 Å². The molecule has 0 saturated heterocycles. The Kier molecular flexibility index (Phi) is 5.76. The molecule has 0 aliphatic rings. The molecule has 0 amide bonds. The van der Waals surface area contributed by atoms with Gasteiger partial charge in [0.25, 0.3) is 0 Å². The summed E-state index contributed by atoms with van der Waals surface area (Å²) in [5, 5.41) is 3.32. The molecule has 0 saturated carbocycles. The Morgan fingerprint density at radius 1 is 0.938 bits per heavy atom. The van der Waals surface area contributed by atoms with Gasteiger partial charge in [-0.2, -0.15) is 0 Å². The maximum absolute atomic E-state index is 3.32. The predicted molar refractivity (Wildman–Crippen MR) is 73.4 cm³/mol. The number of anilines is 2. The SMILES string of the molecule is CCCN(CCC)c1ccc(NCC)cc1. The van der Waals surface area contributed by atoms with Crippen molar-refractivity contribution in [2.75, 3.05) is 29.9 Å². The van der Waals surface area contributed by atoms with Gasteiger partial charge in [-0.25, -0.2) is 0 Å². The first kappa shape index (κ1) is 12.9. The number of hydrogen-bond donors (Lipinski definition) is 1. The second-order valence-corrected chi connectivity index (χ2v) is 4.06. The molecule has 90 valence electrons. The Labute approximate surface area is 99.7 Å². The highest BCUT2D eigenvalue weighted by molar-refractivity contribution is 5.55. The second kappa shape index (κ2) is 7.15. The lowest BCUT2D eigenvalue weighted by atomic mass is 10.2. The maximum Gasteiger partial charge on any atom is 0.0367 e. The lowest BCUT2D eigenvalue weighted by Gasteiger charge is -2.24. The Morgan fingerprint density at radius 3 is 1.94 bits per heavy atom. The number of nitrogens with one attached hydrogen (secondary N) is 1. The zero-order valence-electron chi connectivity index (χ0n) is 10.8. The van der Waals surface area contributed by atoms with Crippen molar-refractivity contribution in [2.45, 2.75) is 33.6 Å². The van der Waals surface area contributed by atoms with Gasteiger partial charge in [0.1, 0.15) is 0 Å². The fraction of sp³-hybridized carbons (Fsp3) is 0.571. The minimum Gasteiger partial charge on any atom is -0.385 e. The monoisotopic (exact) mass is 220 g/mol. The van der Waals surface area contributed by atoms with Gasteiger partial charge in [-0.15, -0.1) is 0 Å². The predicted octanol–water partition coefficient (Wildman–Crippen LogP) is 3.74. The van der Waals surface area contributed by atoms with Crippen LogP contribution in [0.4, 0.5) is 11.4 Å². The molecule has 2 nitrogen and oxygen atoms in total. The van der Waals surface area contributed by atoms with E-state index in [1.54, 1.807) is 0 Å². The largest absolute Gasteiger partial charge is 0.385 e. The fourth-order valence-electron chi connectivity index (χ4n) is 1.90. The average molecular weight is 220 g/mol. The quantitative estimate of drug-likeness (QED) is 0.753. The average Bonchev–Trinajstić information content (AvgIpc) is 2.30. The Bertz CT molecular complexity index is 273. The number of rotatable bonds is 7. The van der Waals surface area contributed by atoms with E-state index < -0.39 is 0 Å². The van der Waals surface area contributed by atoms with E-state index in [0.717, 1.165) is 19.6 Å². The van der Waals surface area contributed by atoms with Gasteiger partial charge < -0.3 is 10.2 Å². The van der Waals surface area contributed by atoms with Crippen LogP contribution in [0.15, 0.2) is 24.3 Å². The molecule has 1 N–H and O–H groups in total. The molecule has 16 heavy (non-hydrogen) atoms. The van der Waals surface area contributed by atoms with Crippen LogP contribution in [0.3, 0.4) is 0 Å².